The molecule has 0 aliphatic heterocycles. The average molecular weight is 254 g/mol. The van der Waals surface area contributed by atoms with E-state index in [4.69, 9.17) is 4.74 Å². The van der Waals surface area contributed by atoms with Crippen LogP contribution in [-0.2, 0) is 9.53 Å². The fraction of sp³-hybridized carbons (Fsp3) is 0.929. The SMILES string of the molecule is COCCNCC(=O)NCCC1CC2CCC1C2. The lowest BCUT2D eigenvalue weighted by Gasteiger charge is -2.21. The van der Waals surface area contributed by atoms with Crippen LogP contribution in [0.2, 0.25) is 0 Å². The topological polar surface area (TPSA) is 50.4 Å². The Morgan fingerprint density at radius 2 is 2.17 bits per heavy atom. The zero-order valence-electron chi connectivity index (χ0n) is 11.4. The molecule has 0 saturated heterocycles. The van der Waals surface area contributed by atoms with E-state index in [1.165, 1.54) is 32.1 Å². The van der Waals surface area contributed by atoms with Crippen LogP contribution in [0.15, 0.2) is 0 Å². The first-order valence-corrected chi connectivity index (χ1v) is 7.26. The van der Waals surface area contributed by atoms with Crippen molar-refractivity contribution in [1.29, 1.82) is 0 Å². The van der Waals surface area contributed by atoms with E-state index in [2.05, 4.69) is 10.6 Å². The largest absolute Gasteiger partial charge is 0.383 e. The lowest BCUT2D eigenvalue weighted by molar-refractivity contribution is -0.120. The maximum atomic E-state index is 11.5. The van der Waals surface area contributed by atoms with Crippen LogP contribution in [0.4, 0.5) is 0 Å². The Labute approximate surface area is 110 Å². The molecule has 2 fully saturated rings. The molecule has 4 heteroatoms. The molecule has 104 valence electrons. The molecule has 0 aromatic heterocycles. The Kier molecular flexibility index (Phi) is 5.45. The number of ether oxygens (including phenoxy) is 1. The van der Waals surface area contributed by atoms with Crippen LogP contribution in [-0.4, -0.2) is 39.3 Å². The minimum atomic E-state index is 0.106. The van der Waals surface area contributed by atoms with Gasteiger partial charge in [0.2, 0.25) is 5.91 Å². The number of carbonyl (C=O) groups is 1. The van der Waals surface area contributed by atoms with E-state index in [0.717, 1.165) is 30.8 Å². The quantitative estimate of drug-likeness (QED) is 0.639. The molecule has 0 radical (unpaired) electrons. The molecule has 2 N–H and O–H groups in total. The van der Waals surface area contributed by atoms with Crippen molar-refractivity contribution in [3.63, 3.8) is 0 Å². The standard InChI is InChI=1S/C14H26N2O2/c1-18-7-6-15-10-14(17)16-5-4-13-9-11-2-3-12(13)8-11/h11-13,15H,2-10H2,1H3,(H,16,17). The summed E-state index contributed by atoms with van der Waals surface area (Å²) in [5.41, 5.74) is 0. The molecule has 1 amide bonds. The molecule has 2 bridgehead atoms. The van der Waals surface area contributed by atoms with Crippen LogP contribution in [0.1, 0.15) is 32.1 Å². The molecule has 2 rings (SSSR count). The summed E-state index contributed by atoms with van der Waals surface area (Å²) >= 11 is 0. The van der Waals surface area contributed by atoms with Gasteiger partial charge >= 0.3 is 0 Å². The van der Waals surface area contributed by atoms with Gasteiger partial charge in [0, 0.05) is 20.2 Å². The number of nitrogens with one attached hydrogen (secondary N) is 2. The van der Waals surface area contributed by atoms with Crippen molar-refractivity contribution >= 4 is 5.91 Å². The zero-order chi connectivity index (χ0) is 12.8. The highest BCUT2D eigenvalue weighted by molar-refractivity contribution is 5.77. The van der Waals surface area contributed by atoms with Crippen molar-refractivity contribution in [3.05, 3.63) is 0 Å². The van der Waals surface area contributed by atoms with Gasteiger partial charge in [-0.2, -0.15) is 0 Å². The summed E-state index contributed by atoms with van der Waals surface area (Å²) in [6.45, 7) is 2.63. The van der Waals surface area contributed by atoms with Gasteiger partial charge in [-0.3, -0.25) is 4.79 Å². The second kappa shape index (κ2) is 7.10. The second-order valence-electron chi connectivity index (χ2n) is 5.74. The molecule has 18 heavy (non-hydrogen) atoms. The van der Waals surface area contributed by atoms with Crippen molar-refractivity contribution < 1.29 is 9.53 Å². The van der Waals surface area contributed by atoms with E-state index in [-0.39, 0.29) is 5.91 Å². The first kappa shape index (κ1) is 13.8. The summed E-state index contributed by atoms with van der Waals surface area (Å²) in [6.07, 6.45) is 6.92. The van der Waals surface area contributed by atoms with Gasteiger partial charge in [0.05, 0.1) is 13.2 Å². The molecule has 0 aromatic carbocycles. The lowest BCUT2D eigenvalue weighted by atomic mass is 9.86. The van der Waals surface area contributed by atoms with Gasteiger partial charge in [-0.05, 0) is 43.4 Å². The number of methoxy groups -OCH3 is 1. The van der Waals surface area contributed by atoms with E-state index in [1.807, 2.05) is 0 Å². The van der Waals surface area contributed by atoms with Gasteiger partial charge in [-0.1, -0.05) is 6.42 Å². The fourth-order valence-corrected chi connectivity index (χ4v) is 3.57. The number of hydrogen-bond donors (Lipinski definition) is 2. The molecule has 0 spiro atoms. The van der Waals surface area contributed by atoms with Gasteiger partial charge in [0.1, 0.15) is 0 Å². The van der Waals surface area contributed by atoms with Crippen LogP contribution in [0.3, 0.4) is 0 Å². The van der Waals surface area contributed by atoms with E-state index in [1.54, 1.807) is 7.11 Å². The first-order chi connectivity index (χ1) is 8.79. The smallest absolute Gasteiger partial charge is 0.233 e. The highest BCUT2D eigenvalue weighted by Gasteiger charge is 2.38. The Morgan fingerprint density at radius 1 is 1.28 bits per heavy atom. The highest BCUT2D eigenvalue weighted by Crippen LogP contribution is 2.49. The van der Waals surface area contributed by atoms with Crippen LogP contribution in [0.25, 0.3) is 0 Å². The van der Waals surface area contributed by atoms with E-state index in [9.17, 15) is 4.79 Å². The van der Waals surface area contributed by atoms with Gasteiger partial charge < -0.3 is 15.4 Å². The van der Waals surface area contributed by atoms with Gasteiger partial charge in [-0.15, -0.1) is 0 Å². The third-order valence-electron chi connectivity index (χ3n) is 4.49. The molecular formula is C14H26N2O2. The second-order valence-corrected chi connectivity index (χ2v) is 5.74. The average Bonchev–Trinajstić information content (AvgIpc) is 2.97. The van der Waals surface area contributed by atoms with Crippen molar-refractivity contribution in [1.82, 2.24) is 10.6 Å². The van der Waals surface area contributed by atoms with Crippen molar-refractivity contribution in [2.75, 3.05) is 33.4 Å². The summed E-state index contributed by atoms with van der Waals surface area (Å²) < 4.78 is 4.91. The maximum absolute atomic E-state index is 11.5. The Bertz CT molecular complexity index is 271. The van der Waals surface area contributed by atoms with Crippen molar-refractivity contribution in [3.8, 4) is 0 Å². The van der Waals surface area contributed by atoms with Crippen molar-refractivity contribution in [2.45, 2.75) is 32.1 Å². The number of hydrogen-bond acceptors (Lipinski definition) is 3. The summed E-state index contributed by atoms with van der Waals surface area (Å²) in [5, 5.41) is 6.06. The van der Waals surface area contributed by atoms with Crippen LogP contribution in [0, 0.1) is 17.8 Å². The minimum Gasteiger partial charge on any atom is -0.383 e. The molecule has 0 aromatic rings. The zero-order valence-corrected chi connectivity index (χ0v) is 11.4. The van der Waals surface area contributed by atoms with Gasteiger partial charge in [0.15, 0.2) is 0 Å². The molecule has 0 heterocycles. The molecule has 2 aliphatic carbocycles. The summed E-state index contributed by atoms with van der Waals surface area (Å²) in [5.74, 6) is 2.96. The predicted octanol–water partition coefficient (Wildman–Crippen LogP) is 1.16. The lowest BCUT2D eigenvalue weighted by Crippen LogP contribution is -2.36. The van der Waals surface area contributed by atoms with Crippen LogP contribution >= 0.6 is 0 Å². The minimum absolute atomic E-state index is 0.106. The molecule has 3 atom stereocenters. The van der Waals surface area contributed by atoms with Crippen LogP contribution < -0.4 is 10.6 Å². The van der Waals surface area contributed by atoms with Crippen LogP contribution in [0.5, 0.6) is 0 Å². The molecule has 4 nitrogen and oxygen atoms in total. The maximum Gasteiger partial charge on any atom is 0.233 e. The summed E-state index contributed by atoms with van der Waals surface area (Å²) in [4.78, 5) is 11.5. The third kappa shape index (κ3) is 3.95. The van der Waals surface area contributed by atoms with Gasteiger partial charge in [-0.25, -0.2) is 0 Å². The molecular weight excluding hydrogens is 228 g/mol. The third-order valence-corrected chi connectivity index (χ3v) is 4.49. The molecule has 2 aliphatic rings. The van der Waals surface area contributed by atoms with Gasteiger partial charge in [0.25, 0.3) is 0 Å². The number of fused-ring (bicyclic) bond motifs is 2. The Morgan fingerprint density at radius 3 is 2.83 bits per heavy atom. The number of carbonyl (C=O) groups excluding carboxylic acids is 1. The fourth-order valence-electron chi connectivity index (χ4n) is 3.57. The monoisotopic (exact) mass is 254 g/mol. The number of rotatable bonds is 8. The molecule has 2 saturated carbocycles. The van der Waals surface area contributed by atoms with Crippen molar-refractivity contribution in [2.24, 2.45) is 17.8 Å². The highest BCUT2D eigenvalue weighted by atomic mass is 16.5. The Balaban J connectivity index is 1.49. The van der Waals surface area contributed by atoms with E-state index >= 15 is 0 Å². The number of amides is 1. The predicted molar refractivity (Wildman–Crippen MR) is 71.3 cm³/mol. The van der Waals surface area contributed by atoms with E-state index in [0.29, 0.717) is 13.2 Å². The summed E-state index contributed by atoms with van der Waals surface area (Å²) in [7, 11) is 1.66. The normalized spacial score (nSPS) is 29.7. The molecule has 3 unspecified atom stereocenters. The first-order valence-electron chi connectivity index (χ1n) is 7.26. The Hall–Kier alpha value is -0.610. The summed E-state index contributed by atoms with van der Waals surface area (Å²) in [6, 6.07) is 0. The van der Waals surface area contributed by atoms with E-state index < -0.39 is 0 Å².